The van der Waals surface area contributed by atoms with Crippen LogP contribution in [0.5, 0.6) is 0 Å². The van der Waals surface area contributed by atoms with Gasteiger partial charge in [-0.2, -0.15) is 0 Å². The summed E-state index contributed by atoms with van der Waals surface area (Å²) in [7, 11) is 0. The number of aromatic nitrogens is 1. The molecule has 0 unspecified atom stereocenters. The van der Waals surface area contributed by atoms with E-state index in [-0.39, 0.29) is 16.5 Å². The standard InChI is InChI=1S/C16H19NO3/c18-14-5-12(15(19)20)4-13(17-14)16-6-9-1-10(7-16)3-11(2-9)8-16/h4-5,9-11H,1-3,6-8H2,(H,17,18)(H,19,20). The first-order chi connectivity index (χ1) is 9.54. The van der Waals surface area contributed by atoms with Crippen LogP contribution in [0, 0.1) is 17.8 Å². The number of hydrogen-bond acceptors (Lipinski definition) is 2. The largest absolute Gasteiger partial charge is 0.478 e. The molecule has 0 atom stereocenters. The van der Waals surface area contributed by atoms with E-state index in [9.17, 15) is 9.59 Å². The molecule has 4 aliphatic carbocycles. The lowest BCUT2D eigenvalue weighted by Gasteiger charge is -2.56. The van der Waals surface area contributed by atoms with Gasteiger partial charge in [-0.15, -0.1) is 0 Å². The van der Waals surface area contributed by atoms with Gasteiger partial charge in [0.05, 0.1) is 5.56 Å². The fourth-order valence-corrected chi connectivity index (χ4v) is 5.39. The van der Waals surface area contributed by atoms with Crippen molar-refractivity contribution in [2.24, 2.45) is 17.8 Å². The van der Waals surface area contributed by atoms with Crippen LogP contribution in [0.25, 0.3) is 0 Å². The number of aromatic carboxylic acids is 1. The number of carboxylic acids is 1. The van der Waals surface area contributed by atoms with E-state index in [2.05, 4.69) is 4.98 Å². The zero-order chi connectivity index (χ0) is 13.9. The Kier molecular flexibility index (Phi) is 2.41. The van der Waals surface area contributed by atoms with E-state index in [1.165, 1.54) is 25.3 Å². The molecule has 0 saturated heterocycles. The van der Waals surface area contributed by atoms with Crippen LogP contribution >= 0.6 is 0 Å². The second-order valence-electron chi connectivity index (χ2n) is 7.15. The van der Waals surface area contributed by atoms with E-state index in [1.807, 2.05) is 0 Å². The van der Waals surface area contributed by atoms with Gasteiger partial charge in [0.15, 0.2) is 0 Å². The van der Waals surface area contributed by atoms with Gasteiger partial charge in [-0.05, 0) is 62.3 Å². The minimum absolute atomic E-state index is 0.0410. The van der Waals surface area contributed by atoms with Crippen LogP contribution in [0.1, 0.15) is 54.6 Å². The monoisotopic (exact) mass is 273 g/mol. The van der Waals surface area contributed by atoms with Crippen molar-refractivity contribution in [2.45, 2.75) is 43.9 Å². The summed E-state index contributed by atoms with van der Waals surface area (Å²) in [5, 5.41) is 9.16. The highest BCUT2D eigenvalue weighted by Gasteiger charge is 2.52. The maximum atomic E-state index is 11.8. The smallest absolute Gasteiger partial charge is 0.335 e. The average Bonchev–Trinajstić information content (AvgIpc) is 2.36. The third-order valence-electron chi connectivity index (χ3n) is 5.70. The van der Waals surface area contributed by atoms with Crippen LogP contribution in [0.3, 0.4) is 0 Å². The lowest BCUT2D eigenvalue weighted by molar-refractivity contribution is -0.00732. The summed E-state index contributed by atoms with van der Waals surface area (Å²) >= 11 is 0. The molecule has 0 spiro atoms. The van der Waals surface area contributed by atoms with Crippen molar-refractivity contribution < 1.29 is 9.90 Å². The summed E-state index contributed by atoms with van der Waals surface area (Å²) in [6.07, 6.45) is 7.38. The highest BCUT2D eigenvalue weighted by atomic mass is 16.4. The van der Waals surface area contributed by atoms with Gasteiger partial charge in [0, 0.05) is 17.2 Å². The van der Waals surface area contributed by atoms with E-state index in [0.29, 0.717) is 0 Å². The maximum absolute atomic E-state index is 11.8. The van der Waals surface area contributed by atoms with Gasteiger partial charge >= 0.3 is 5.97 Å². The van der Waals surface area contributed by atoms with Gasteiger partial charge in [0.25, 0.3) is 0 Å². The molecule has 0 aliphatic heterocycles. The predicted octanol–water partition coefficient (Wildman–Crippen LogP) is 2.54. The van der Waals surface area contributed by atoms with Crippen molar-refractivity contribution in [1.29, 1.82) is 0 Å². The molecule has 106 valence electrons. The second kappa shape index (κ2) is 3.96. The van der Waals surface area contributed by atoms with Gasteiger partial charge in [0.1, 0.15) is 0 Å². The quantitative estimate of drug-likeness (QED) is 0.870. The topological polar surface area (TPSA) is 70.2 Å². The summed E-state index contributed by atoms with van der Waals surface area (Å²) in [4.78, 5) is 25.9. The fraction of sp³-hybridized carbons (Fsp3) is 0.625. The zero-order valence-corrected chi connectivity index (χ0v) is 11.4. The molecule has 2 N–H and O–H groups in total. The summed E-state index contributed by atoms with van der Waals surface area (Å²) in [6.45, 7) is 0. The van der Waals surface area contributed by atoms with E-state index in [0.717, 1.165) is 42.7 Å². The minimum Gasteiger partial charge on any atom is -0.478 e. The van der Waals surface area contributed by atoms with Gasteiger partial charge in [-0.3, -0.25) is 4.79 Å². The van der Waals surface area contributed by atoms with E-state index < -0.39 is 5.97 Å². The van der Waals surface area contributed by atoms with Crippen molar-refractivity contribution >= 4 is 5.97 Å². The lowest BCUT2D eigenvalue weighted by atomic mass is 9.48. The van der Waals surface area contributed by atoms with Crippen LogP contribution in [-0.4, -0.2) is 16.1 Å². The normalized spacial score (nSPS) is 38.1. The van der Waals surface area contributed by atoms with Gasteiger partial charge in [0.2, 0.25) is 5.56 Å². The van der Waals surface area contributed by atoms with Gasteiger partial charge in [-0.1, -0.05) is 0 Å². The first kappa shape index (κ1) is 12.2. The number of rotatable bonds is 2. The molecule has 4 bridgehead atoms. The highest BCUT2D eigenvalue weighted by molar-refractivity contribution is 5.87. The Balaban J connectivity index is 1.80. The van der Waals surface area contributed by atoms with Crippen molar-refractivity contribution in [3.8, 4) is 0 Å². The van der Waals surface area contributed by atoms with Crippen molar-refractivity contribution in [1.82, 2.24) is 4.98 Å². The number of carbonyl (C=O) groups is 1. The SMILES string of the molecule is O=C(O)c1cc(C23CC4CC(CC(C4)C2)C3)[nH]c(=O)c1. The molecular weight excluding hydrogens is 254 g/mol. The summed E-state index contributed by atoms with van der Waals surface area (Å²) in [6, 6.07) is 2.89. The molecule has 1 heterocycles. The van der Waals surface area contributed by atoms with Crippen LogP contribution in [0.4, 0.5) is 0 Å². The minimum atomic E-state index is -1.01. The molecule has 0 amide bonds. The molecule has 1 aromatic rings. The van der Waals surface area contributed by atoms with Crippen LogP contribution < -0.4 is 5.56 Å². The molecule has 4 saturated carbocycles. The Hall–Kier alpha value is -1.58. The molecule has 20 heavy (non-hydrogen) atoms. The highest BCUT2D eigenvalue weighted by Crippen LogP contribution is 2.60. The molecule has 4 fully saturated rings. The molecule has 4 aliphatic rings. The number of pyridine rings is 1. The summed E-state index contributed by atoms with van der Waals surface area (Å²) in [5.74, 6) is 1.32. The summed E-state index contributed by atoms with van der Waals surface area (Å²) < 4.78 is 0. The first-order valence-corrected chi connectivity index (χ1v) is 7.52. The number of H-pyrrole nitrogens is 1. The van der Waals surface area contributed by atoms with Crippen molar-refractivity contribution in [3.05, 3.63) is 33.7 Å². The molecule has 0 aromatic carbocycles. The Bertz CT molecular complexity index is 596. The first-order valence-electron chi connectivity index (χ1n) is 7.52. The Labute approximate surface area is 117 Å². The van der Waals surface area contributed by atoms with Crippen LogP contribution in [-0.2, 0) is 5.41 Å². The van der Waals surface area contributed by atoms with E-state index in [1.54, 1.807) is 6.07 Å². The number of nitrogens with one attached hydrogen (secondary N) is 1. The Morgan fingerprint density at radius 1 is 1.10 bits per heavy atom. The number of hydrogen-bond donors (Lipinski definition) is 2. The van der Waals surface area contributed by atoms with E-state index in [4.69, 9.17) is 5.11 Å². The second-order valence-corrected chi connectivity index (χ2v) is 7.15. The predicted molar refractivity (Wildman–Crippen MR) is 73.9 cm³/mol. The lowest BCUT2D eigenvalue weighted by Crippen LogP contribution is -2.49. The molecule has 4 nitrogen and oxygen atoms in total. The molecule has 5 rings (SSSR count). The van der Waals surface area contributed by atoms with Gasteiger partial charge < -0.3 is 10.1 Å². The summed E-state index contributed by atoms with van der Waals surface area (Å²) in [5.41, 5.74) is 0.760. The maximum Gasteiger partial charge on any atom is 0.335 e. The molecular formula is C16H19NO3. The van der Waals surface area contributed by atoms with Crippen molar-refractivity contribution in [2.75, 3.05) is 0 Å². The average molecular weight is 273 g/mol. The van der Waals surface area contributed by atoms with E-state index >= 15 is 0 Å². The number of aromatic amines is 1. The third kappa shape index (κ3) is 1.74. The zero-order valence-electron chi connectivity index (χ0n) is 11.4. The molecule has 4 heteroatoms. The molecule has 1 aromatic heterocycles. The van der Waals surface area contributed by atoms with Crippen molar-refractivity contribution in [3.63, 3.8) is 0 Å². The third-order valence-corrected chi connectivity index (χ3v) is 5.70. The fourth-order valence-electron chi connectivity index (χ4n) is 5.39. The molecule has 0 radical (unpaired) electrons. The Morgan fingerprint density at radius 2 is 1.65 bits per heavy atom. The van der Waals surface area contributed by atoms with Gasteiger partial charge in [-0.25, -0.2) is 4.79 Å². The number of carboxylic acid groups (broad SMARTS) is 1. The van der Waals surface area contributed by atoms with Crippen LogP contribution in [0.2, 0.25) is 0 Å². The van der Waals surface area contributed by atoms with Crippen LogP contribution in [0.15, 0.2) is 16.9 Å². The Morgan fingerprint density at radius 3 is 2.15 bits per heavy atom.